The second-order valence-corrected chi connectivity index (χ2v) is 5.51. The van der Waals surface area contributed by atoms with Crippen LogP contribution in [0.5, 0.6) is 0 Å². The van der Waals surface area contributed by atoms with Gasteiger partial charge in [0, 0.05) is 31.4 Å². The number of alkyl halides is 1. The molecule has 2 aliphatic heterocycles. The standard InChI is InChI=1S/C14H15ClN4O/c15-5-14(20)18-8-11-2-3-12(9-18)19(11)13-4-1-10(6-16)7-17-13/h1,4,7,11-12H,2-3,5,8-9H2. The van der Waals surface area contributed by atoms with Crippen LogP contribution in [0.15, 0.2) is 18.3 Å². The Hall–Kier alpha value is -1.80. The van der Waals surface area contributed by atoms with Crippen LogP contribution in [0.1, 0.15) is 18.4 Å². The molecule has 2 saturated heterocycles. The van der Waals surface area contributed by atoms with Crippen molar-refractivity contribution >= 4 is 23.3 Å². The van der Waals surface area contributed by atoms with Gasteiger partial charge < -0.3 is 9.80 Å². The molecule has 1 aromatic heterocycles. The summed E-state index contributed by atoms with van der Waals surface area (Å²) < 4.78 is 0. The van der Waals surface area contributed by atoms with E-state index in [1.165, 1.54) is 0 Å². The molecular formula is C14H15ClN4O. The molecule has 1 amide bonds. The van der Waals surface area contributed by atoms with Crippen LogP contribution < -0.4 is 4.90 Å². The Morgan fingerprint density at radius 1 is 1.40 bits per heavy atom. The molecule has 5 nitrogen and oxygen atoms in total. The van der Waals surface area contributed by atoms with Gasteiger partial charge in [-0.05, 0) is 25.0 Å². The van der Waals surface area contributed by atoms with Crippen molar-refractivity contribution < 1.29 is 4.79 Å². The summed E-state index contributed by atoms with van der Waals surface area (Å²) in [5.74, 6) is 0.958. The van der Waals surface area contributed by atoms with E-state index in [4.69, 9.17) is 16.9 Å². The van der Waals surface area contributed by atoms with Gasteiger partial charge in [0.25, 0.3) is 0 Å². The van der Waals surface area contributed by atoms with Gasteiger partial charge in [0.2, 0.25) is 5.91 Å². The molecule has 3 rings (SSSR count). The first-order chi connectivity index (χ1) is 9.72. The van der Waals surface area contributed by atoms with Crippen LogP contribution in [-0.2, 0) is 4.79 Å². The molecule has 2 atom stereocenters. The maximum atomic E-state index is 11.7. The number of rotatable bonds is 2. The third kappa shape index (κ3) is 2.20. The number of halogens is 1. The van der Waals surface area contributed by atoms with Crippen molar-refractivity contribution in [1.82, 2.24) is 9.88 Å². The zero-order valence-electron chi connectivity index (χ0n) is 11.0. The van der Waals surface area contributed by atoms with Crippen LogP contribution in [0.25, 0.3) is 0 Å². The van der Waals surface area contributed by atoms with Gasteiger partial charge in [-0.2, -0.15) is 5.26 Å². The maximum absolute atomic E-state index is 11.7. The first-order valence-electron chi connectivity index (χ1n) is 6.71. The smallest absolute Gasteiger partial charge is 0.237 e. The van der Waals surface area contributed by atoms with Crippen LogP contribution in [0.4, 0.5) is 5.82 Å². The molecule has 0 N–H and O–H groups in total. The fraction of sp³-hybridized carbons (Fsp3) is 0.500. The lowest BCUT2D eigenvalue weighted by Gasteiger charge is -2.41. The number of amides is 1. The van der Waals surface area contributed by atoms with Crippen molar-refractivity contribution in [2.45, 2.75) is 24.9 Å². The van der Waals surface area contributed by atoms with Crippen LogP contribution in [0, 0.1) is 11.3 Å². The van der Waals surface area contributed by atoms with E-state index < -0.39 is 0 Å². The second-order valence-electron chi connectivity index (χ2n) is 5.24. The minimum absolute atomic E-state index is 0.0102. The van der Waals surface area contributed by atoms with Crippen molar-refractivity contribution in [3.8, 4) is 6.07 Å². The molecule has 3 heterocycles. The van der Waals surface area contributed by atoms with Crippen LogP contribution in [-0.4, -0.2) is 46.8 Å². The van der Waals surface area contributed by atoms with Gasteiger partial charge in [0.15, 0.2) is 0 Å². The third-order valence-corrected chi connectivity index (χ3v) is 4.32. The number of likely N-dealkylation sites (tertiary alicyclic amines) is 1. The molecule has 20 heavy (non-hydrogen) atoms. The zero-order chi connectivity index (χ0) is 14.1. The van der Waals surface area contributed by atoms with Gasteiger partial charge in [-0.25, -0.2) is 4.98 Å². The van der Waals surface area contributed by atoms with E-state index >= 15 is 0 Å². The number of nitrogens with zero attached hydrogens (tertiary/aromatic N) is 4. The van der Waals surface area contributed by atoms with Crippen LogP contribution in [0.3, 0.4) is 0 Å². The summed E-state index contributed by atoms with van der Waals surface area (Å²) in [5, 5.41) is 8.82. The fourth-order valence-electron chi connectivity index (χ4n) is 3.17. The molecule has 1 aromatic rings. The van der Waals surface area contributed by atoms with Crippen LogP contribution >= 0.6 is 11.6 Å². The van der Waals surface area contributed by atoms with E-state index in [0.717, 1.165) is 18.7 Å². The molecule has 6 heteroatoms. The highest BCUT2D eigenvalue weighted by Gasteiger charge is 2.41. The van der Waals surface area contributed by atoms with Gasteiger partial charge in [-0.1, -0.05) is 0 Å². The zero-order valence-corrected chi connectivity index (χ0v) is 11.8. The monoisotopic (exact) mass is 290 g/mol. The van der Waals surface area contributed by atoms with Gasteiger partial charge >= 0.3 is 0 Å². The quantitative estimate of drug-likeness (QED) is 0.772. The molecule has 0 aliphatic carbocycles. The molecular weight excluding hydrogens is 276 g/mol. The normalized spacial score (nSPS) is 24.6. The average Bonchev–Trinajstić information content (AvgIpc) is 2.76. The lowest BCUT2D eigenvalue weighted by atomic mass is 10.1. The van der Waals surface area contributed by atoms with E-state index in [2.05, 4.69) is 16.0 Å². The number of aromatic nitrogens is 1. The van der Waals surface area contributed by atoms with Crippen molar-refractivity contribution in [2.24, 2.45) is 0 Å². The first-order valence-corrected chi connectivity index (χ1v) is 7.24. The Kier molecular flexibility index (Phi) is 3.49. The lowest BCUT2D eigenvalue weighted by molar-refractivity contribution is -0.129. The minimum atomic E-state index is 0.0102. The van der Waals surface area contributed by atoms with Crippen molar-refractivity contribution in [3.63, 3.8) is 0 Å². The number of carbonyl (C=O) groups excluding carboxylic acids is 1. The summed E-state index contributed by atoms with van der Waals surface area (Å²) in [4.78, 5) is 20.3. The van der Waals surface area contributed by atoms with E-state index in [0.29, 0.717) is 30.7 Å². The van der Waals surface area contributed by atoms with Crippen LogP contribution in [0.2, 0.25) is 0 Å². The van der Waals surface area contributed by atoms with Gasteiger partial charge in [-0.15, -0.1) is 11.6 Å². The molecule has 2 aliphatic rings. The fourth-order valence-corrected chi connectivity index (χ4v) is 3.34. The minimum Gasteiger partial charge on any atom is -0.347 e. The number of pyridine rings is 1. The average molecular weight is 291 g/mol. The van der Waals surface area contributed by atoms with E-state index in [-0.39, 0.29) is 11.8 Å². The Balaban J connectivity index is 1.80. The first kappa shape index (κ1) is 13.2. The number of fused-ring (bicyclic) bond motifs is 2. The summed E-state index contributed by atoms with van der Waals surface area (Å²) in [6.07, 6.45) is 3.74. The topological polar surface area (TPSA) is 60.2 Å². The Morgan fingerprint density at radius 2 is 2.10 bits per heavy atom. The highest BCUT2D eigenvalue weighted by atomic mass is 35.5. The SMILES string of the molecule is N#Cc1ccc(N2C3CCC2CN(C(=O)CCl)C3)nc1. The largest absolute Gasteiger partial charge is 0.347 e. The predicted octanol–water partition coefficient (Wildman–Crippen LogP) is 1.37. The number of nitriles is 1. The Labute approximate surface area is 122 Å². The van der Waals surface area contributed by atoms with Gasteiger partial charge in [0.05, 0.1) is 5.56 Å². The number of hydrogen-bond acceptors (Lipinski definition) is 4. The number of piperazine rings is 1. The summed E-state index contributed by atoms with van der Waals surface area (Å²) >= 11 is 5.64. The molecule has 2 bridgehead atoms. The van der Waals surface area contributed by atoms with Gasteiger partial charge in [-0.3, -0.25) is 4.79 Å². The molecule has 2 unspecified atom stereocenters. The summed E-state index contributed by atoms with van der Waals surface area (Å²) in [6.45, 7) is 1.42. The molecule has 2 fully saturated rings. The highest BCUT2D eigenvalue weighted by molar-refractivity contribution is 6.27. The molecule has 0 saturated carbocycles. The number of carbonyl (C=O) groups is 1. The van der Waals surface area contributed by atoms with E-state index in [1.807, 2.05) is 11.0 Å². The second kappa shape index (κ2) is 5.29. The molecule has 104 valence electrons. The van der Waals surface area contributed by atoms with Gasteiger partial charge in [0.1, 0.15) is 17.8 Å². The maximum Gasteiger partial charge on any atom is 0.237 e. The number of anilines is 1. The van der Waals surface area contributed by atoms with Crippen molar-refractivity contribution in [1.29, 1.82) is 5.26 Å². The van der Waals surface area contributed by atoms with Crippen molar-refractivity contribution in [3.05, 3.63) is 23.9 Å². The Morgan fingerprint density at radius 3 is 2.60 bits per heavy atom. The molecule has 0 radical (unpaired) electrons. The Bertz CT molecular complexity index is 539. The van der Waals surface area contributed by atoms with Crippen molar-refractivity contribution in [2.75, 3.05) is 23.9 Å². The summed E-state index contributed by atoms with van der Waals surface area (Å²) in [7, 11) is 0. The van der Waals surface area contributed by atoms with E-state index in [9.17, 15) is 4.79 Å². The predicted molar refractivity (Wildman–Crippen MR) is 75.5 cm³/mol. The lowest BCUT2D eigenvalue weighted by Crippen LogP contribution is -2.56. The molecule has 0 spiro atoms. The summed E-state index contributed by atoms with van der Waals surface area (Å²) in [6, 6.07) is 6.37. The summed E-state index contributed by atoms with van der Waals surface area (Å²) in [5.41, 5.74) is 0.567. The van der Waals surface area contributed by atoms with E-state index in [1.54, 1.807) is 12.3 Å². The third-order valence-electron chi connectivity index (χ3n) is 4.09. The number of hydrogen-bond donors (Lipinski definition) is 0. The molecule has 0 aromatic carbocycles. The highest BCUT2D eigenvalue weighted by Crippen LogP contribution is 2.33.